The van der Waals surface area contributed by atoms with Crippen LogP contribution in [0, 0.1) is 0 Å². The number of nitrogens with zero attached hydrogens (tertiary/aromatic N) is 1. The number of fused-ring (bicyclic) bond motifs is 1. The maximum absolute atomic E-state index is 12.1. The molecule has 0 aliphatic rings. The van der Waals surface area contributed by atoms with E-state index in [9.17, 15) is 9.18 Å². The van der Waals surface area contributed by atoms with Crippen LogP contribution in [0.2, 0.25) is 0 Å². The summed E-state index contributed by atoms with van der Waals surface area (Å²) in [6.07, 6.45) is 1.14. The summed E-state index contributed by atoms with van der Waals surface area (Å²) >= 11 is 0. The summed E-state index contributed by atoms with van der Waals surface area (Å²) < 4.78 is 23.2. The number of alkyl halides is 1. The Bertz CT molecular complexity index is 867. The zero-order valence-corrected chi connectivity index (χ0v) is 14.9. The summed E-state index contributed by atoms with van der Waals surface area (Å²) in [7, 11) is 0. The fourth-order valence-electron chi connectivity index (χ4n) is 2.57. The molecule has 2 N–H and O–H groups in total. The molecular formula is C20H22FN3O3. The van der Waals surface area contributed by atoms with E-state index in [2.05, 4.69) is 15.5 Å². The van der Waals surface area contributed by atoms with Gasteiger partial charge < -0.3 is 14.8 Å². The zero-order chi connectivity index (χ0) is 18.9. The van der Waals surface area contributed by atoms with Crippen LogP contribution in [-0.4, -0.2) is 36.0 Å². The lowest BCUT2D eigenvalue weighted by Gasteiger charge is -2.07. The van der Waals surface area contributed by atoms with Gasteiger partial charge in [-0.05, 0) is 36.6 Å². The molecule has 0 spiro atoms. The van der Waals surface area contributed by atoms with Crippen LogP contribution in [0.15, 0.2) is 48.5 Å². The summed E-state index contributed by atoms with van der Waals surface area (Å²) in [6.45, 7) is 0.407. The molecule has 27 heavy (non-hydrogen) atoms. The average Bonchev–Trinajstić information content (AvgIpc) is 3.08. The molecular weight excluding hydrogens is 349 g/mol. The number of carbonyl (C=O) groups is 1. The molecule has 0 aliphatic heterocycles. The third-order valence-electron chi connectivity index (χ3n) is 3.93. The van der Waals surface area contributed by atoms with Crippen LogP contribution >= 0.6 is 0 Å². The van der Waals surface area contributed by atoms with E-state index in [-0.39, 0.29) is 19.2 Å². The van der Waals surface area contributed by atoms with Crippen molar-refractivity contribution in [1.82, 2.24) is 10.2 Å². The lowest BCUT2D eigenvalue weighted by molar-refractivity contribution is -0.121. The lowest BCUT2D eigenvalue weighted by atomic mass is 10.2. The van der Waals surface area contributed by atoms with Crippen LogP contribution in [0.4, 0.5) is 10.2 Å². The van der Waals surface area contributed by atoms with Crippen molar-refractivity contribution in [3.63, 3.8) is 0 Å². The number of hydrogen-bond donors (Lipinski definition) is 2. The predicted molar refractivity (Wildman–Crippen MR) is 102 cm³/mol. The Morgan fingerprint density at radius 3 is 2.81 bits per heavy atom. The van der Waals surface area contributed by atoms with Crippen molar-refractivity contribution >= 4 is 22.6 Å². The van der Waals surface area contributed by atoms with Gasteiger partial charge in [-0.1, -0.05) is 30.3 Å². The Morgan fingerprint density at radius 2 is 2.00 bits per heavy atom. The van der Waals surface area contributed by atoms with Gasteiger partial charge in [0.05, 0.1) is 25.4 Å². The van der Waals surface area contributed by atoms with Gasteiger partial charge in [-0.3, -0.25) is 14.3 Å². The van der Waals surface area contributed by atoms with Crippen molar-refractivity contribution in [2.45, 2.75) is 19.4 Å². The summed E-state index contributed by atoms with van der Waals surface area (Å²) in [4.78, 5) is 12.1. The van der Waals surface area contributed by atoms with Crippen LogP contribution < -0.4 is 10.1 Å². The second-order valence-electron chi connectivity index (χ2n) is 6.05. The Labute approximate surface area is 156 Å². The summed E-state index contributed by atoms with van der Waals surface area (Å²) in [5.41, 5.74) is 1.79. The van der Waals surface area contributed by atoms with Gasteiger partial charge in [-0.2, -0.15) is 5.10 Å². The number of unbranched alkanes of at least 4 members (excludes halogenated alkanes) is 1. The molecule has 142 valence electrons. The van der Waals surface area contributed by atoms with Gasteiger partial charge in [0.2, 0.25) is 0 Å². The molecule has 0 saturated carbocycles. The number of anilines is 1. The van der Waals surface area contributed by atoms with Gasteiger partial charge in [0.1, 0.15) is 12.4 Å². The topological polar surface area (TPSA) is 76.2 Å². The number of aromatic amines is 1. The molecule has 2 aromatic carbocycles. The quantitative estimate of drug-likeness (QED) is 0.531. The molecule has 0 fully saturated rings. The van der Waals surface area contributed by atoms with Crippen molar-refractivity contribution in [3.8, 4) is 5.75 Å². The van der Waals surface area contributed by atoms with Gasteiger partial charge in [-0.15, -0.1) is 0 Å². The van der Waals surface area contributed by atoms with Crippen LogP contribution in [0.5, 0.6) is 5.75 Å². The standard InChI is InChI=1S/C20H22FN3O3/c21-10-4-5-11-27-16-8-9-18-17(12-16)20(24-23-18)22-19(25)14-26-13-15-6-2-1-3-7-15/h1-3,6-9,12H,4-5,10-11,13-14H2,(H2,22,23,24,25). The summed E-state index contributed by atoms with van der Waals surface area (Å²) in [5, 5.41) is 10.5. The number of benzene rings is 2. The van der Waals surface area contributed by atoms with E-state index in [1.165, 1.54) is 0 Å². The number of nitrogens with one attached hydrogen (secondary N) is 2. The van der Waals surface area contributed by atoms with Crippen molar-refractivity contribution in [3.05, 3.63) is 54.1 Å². The number of amides is 1. The Balaban J connectivity index is 1.54. The third kappa shape index (κ3) is 5.52. The Hall–Kier alpha value is -2.93. The first-order valence-corrected chi connectivity index (χ1v) is 8.84. The first-order chi connectivity index (χ1) is 13.3. The lowest BCUT2D eigenvalue weighted by Crippen LogP contribution is -2.18. The van der Waals surface area contributed by atoms with Gasteiger partial charge >= 0.3 is 0 Å². The van der Waals surface area contributed by atoms with Gasteiger partial charge in [0.25, 0.3) is 5.91 Å². The Morgan fingerprint density at radius 1 is 1.15 bits per heavy atom. The molecule has 0 aliphatic carbocycles. The maximum Gasteiger partial charge on any atom is 0.251 e. The molecule has 0 saturated heterocycles. The highest BCUT2D eigenvalue weighted by atomic mass is 19.1. The zero-order valence-electron chi connectivity index (χ0n) is 14.9. The third-order valence-corrected chi connectivity index (χ3v) is 3.93. The van der Waals surface area contributed by atoms with Crippen molar-refractivity contribution in [2.75, 3.05) is 25.2 Å². The molecule has 3 rings (SSSR count). The average molecular weight is 371 g/mol. The fourth-order valence-corrected chi connectivity index (χ4v) is 2.57. The van der Waals surface area contributed by atoms with Gasteiger partial charge in [0.15, 0.2) is 5.82 Å². The van der Waals surface area contributed by atoms with E-state index < -0.39 is 0 Å². The Kier molecular flexibility index (Phi) is 6.76. The number of hydrogen-bond acceptors (Lipinski definition) is 4. The molecule has 0 unspecified atom stereocenters. The minimum atomic E-state index is -0.341. The van der Waals surface area contributed by atoms with E-state index in [1.807, 2.05) is 42.5 Å². The van der Waals surface area contributed by atoms with E-state index in [0.717, 1.165) is 16.5 Å². The summed E-state index contributed by atoms with van der Waals surface area (Å²) in [5.74, 6) is 0.791. The molecule has 0 atom stereocenters. The highest BCUT2D eigenvalue weighted by Crippen LogP contribution is 2.25. The molecule has 3 aromatic rings. The molecule has 1 amide bonds. The molecule has 0 radical (unpaired) electrons. The SMILES string of the molecule is O=C(COCc1ccccc1)Nc1n[nH]c2ccc(OCCCCF)cc12. The first-order valence-electron chi connectivity index (χ1n) is 8.84. The molecule has 1 aromatic heterocycles. The largest absolute Gasteiger partial charge is 0.494 e. The number of H-pyrrole nitrogens is 1. The number of halogens is 1. The van der Waals surface area contributed by atoms with E-state index >= 15 is 0 Å². The second-order valence-corrected chi connectivity index (χ2v) is 6.05. The minimum Gasteiger partial charge on any atom is -0.494 e. The molecule has 6 nitrogen and oxygen atoms in total. The first kappa shape index (κ1) is 18.8. The van der Waals surface area contributed by atoms with Crippen molar-refractivity contribution < 1.29 is 18.7 Å². The van der Waals surface area contributed by atoms with E-state index in [4.69, 9.17) is 9.47 Å². The maximum atomic E-state index is 12.1. The van der Waals surface area contributed by atoms with E-state index in [1.54, 1.807) is 6.07 Å². The monoisotopic (exact) mass is 371 g/mol. The van der Waals surface area contributed by atoms with Crippen molar-refractivity contribution in [2.24, 2.45) is 0 Å². The fraction of sp³-hybridized carbons (Fsp3) is 0.300. The summed E-state index contributed by atoms with van der Waals surface area (Å²) in [6, 6.07) is 15.1. The molecule has 0 bridgehead atoms. The number of carbonyl (C=O) groups excluding carboxylic acids is 1. The van der Waals surface area contributed by atoms with Crippen LogP contribution in [0.1, 0.15) is 18.4 Å². The van der Waals surface area contributed by atoms with Crippen LogP contribution in [0.3, 0.4) is 0 Å². The number of ether oxygens (including phenoxy) is 2. The van der Waals surface area contributed by atoms with Crippen LogP contribution in [-0.2, 0) is 16.1 Å². The van der Waals surface area contributed by atoms with Crippen LogP contribution in [0.25, 0.3) is 10.9 Å². The van der Waals surface area contributed by atoms with E-state index in [0.29, 0.717) is 37.6 Å². The number of aromatic nitrogens is 2. The smallest absolute Gasteiger partial charge is 0.251 e. The van der Waals surface area contributed by atoms with Gasteiger partial charge in [-0.25, -0.2) is 0 Å². The molecule has 1 heterocycles. The van der Waals surface area contributed by atoms with Gasteiger partial charge in [0, 0.05) is 5.39 Å². The predicted octanol–water partition coefficient (Wildman–Crippen LogP) is 3.85. The second kappa shape index (κ2) is 9.68. The highest BCUT2D eigenvalue weighted by molar-refractivity contribution is 6.00. The highest BCUT2D eigenvalue weighted by Gasteiger charge is 2.11. The number of rotatable bonds is 10. The van der Waals surface area contributed by atoms with Crippen molar-refractivity contribution in [1.29, 1.82) is 0 Å². The molecule has 7 heteroatoms. The minimum absolute atomic E-state index is 0.0668. The normalized spacial score (nSPS) is 10.9.